The summed E-state index contributed by atoms with van der Waals surface area (Å²) in [5.74, 6) is 2.62. The standard InChI is InChI=1S/C36H51N5O3S/c1-4-5-6-7-8-9-10-11-15-23-34(43)40-26-25-39(28-29(40)2)33(42)24-18-27-45-36-38-37-35(30-19-13-12-14-20-30)41(36)31-21-16-17-22-32(31)44-3/h12-14,16-17,19-22,29H,4-11,15,18,23-28H2,1-3H3. The average molecular weight is 634 g/mol. The molecule has 244 valence electrons. The number of methoxy groups -OCH3 is 1. The summed E-state index contributed by atoms with van der Waals surface area (Å²) in [6.45, 7) is 6.17. The summed E-state index contributed by atoms with van der Waals surface area (Å²) in [5, 5.41) is 9.81. The van der Waals surface area contributed by atoms with Crippen molar-refractivity contribution >= 4 is 23.6 Å². The van der Waals surface area contributed by atoms with Gasteiger partial charge in [0.15, 0.2) is 11.0 Å². The Morgan fingerprint density at radius 3 is 2.20 bits per heavy atom. The highest BCUT2D eigenvalue weighted by molar-refractivity contribution is 7.99. The fourth-order valence-corrected chi connectivity index (χ4v) is 6.88. The Morgan fingerprint density at radius 2 is 1.49 bits per heavy atom. The lowest BCUT2D eigenvalue weighted by Crippen LogP contribution is -2.55. The zero-order chi connectivity index (χ0) is 31.9. The summed E-state index contributed by atoms with van der Waals surface area (Å²) < 4.78 is 7.69. The molecule has 1 atom stereocenters. The Hall–Kier alpha value is -3.33. The number of unbranched alkanes of at least 4 members (excludes halogenated alkanes) is 8. The molecule has 0 radical (unpaired) electrons. The molecule has 8 nitrogen and oxygen atoms in total. The number of carbonyl (C=O) groups is 2. The minimum absolute atomic E-state index is 0.0546. The number of nitrogens with zero attached hydrogens (tertiary/aromatic N) is 5. The minimum atomic E-state index is 0.0546. The first-order chi connectivity index (χ1) is 22.0. The van der Waals surface area contributed by atoms with Gasteiger partial charge in [-0.3, -0.25) is 14.2 Å². The maximum Gasteiger partial charge on any atom is 0.222 e. The Labute approximate surface area is 273 Å². The highest BCUT2D eigenvalue weighted by Gasteiger charge is 2.29. The van der Waals surface area contributed by atoms with Crippen LogP contribution in [-0.2, 0) is 9.59 Å². The first-order valence-electron chi connectivity index (χ1n) is 16.9. The molecule has 1 fully saturated rings. The smallest absolute Gasteiger partial charge is 0.222 e. The minimum Gasteiger partial charge on any atom is -0.495 e. The third-order valence-corrected chi connectivity index (χ3v) is 9.57. The fraction of sp³-hybridized carbons (Fsp3) is 0.556. The predicted octanol–water partition coefficient (Wildman–Crippen LogP) is 7.80. The van der Waals surface area contributed by atoms with Gasteiger partial charge in [0.2, 0.25) is 11.8 Å². The van der Waals surface area contributed by atoms with Gasteiger partial charge in [-0.1, -0.05) is 113 Å². The van der Waals surface area contributed by atoms with Crippen molar-refractivity contribution in [2.45, 2.75) is 102 Å². The molecule has 2 amide bonds. The lowest BCUT2D eigenvalue weighted by molar-refractivity contribution is -0.142. The van der Waals surface area contributed by atoms with Crippen molar-refractivity contribution in [2.75, 3.05) is 32.5 Å². The van der Waals surface area contributed by atoms with Crippen LogP contribution in [0.15, 0.2) is 59.8 Å². The monoisotopic (exact) mass is 633 g/mol. The van der Waals surface area contributed by atoms with Gasteiger partial charge in [-0.25, -0.2) is 0 Å². The number of carbonyl (C=O) groups excluding carboxylic acids is 2. The van der Waals surface area contributed by atoms with E-state index in [1.807, 2.05) is 69.0 Å². The zero-order valence-corrected chi connectivity index (χ0v) is 28.3. The number of thioether (sulfide) groups is 1. The van der Waals surface area contributed by atoms with E-state index in [0.717, 1.165) is 53.0 Å². The van der Waals surface area contributed by atoms with Crippen molar-refractivity contribution in [1.82, 2.24) is 24.6 Å². The fourth-order valence-electron chi connectivity index (χ4n) is 6.00. The SMILES string of the molecule is CCCCCCCCCCCC(=O)N1CCN(C(=O)CCCSc2nnc(-c3ccccc3)n2-c2ccccc2OC)CC1C. The van der Waals surface area contributed by atoms with Crippen LogP contribution in [0, 0.1) is 0 Å². The molecule has 1 aliphatic rings. The molecule has 1 saturated heterocycles. The molecule has 45 heavy (non-hydrogen) atoms. The maximum atomic E-state index is 13.1. The topological polar surface area (TPSA) is 80.6 Å². The van der Waals surface area contributed by atoms with Gasteiger partial charge in [0.1, 0.15) is 5.75 Å². The summed E-state index contributed by atoms with van der Waals surface area (Å²) >= 11 is 1.60. The first-order valence-corrected chi connectivity index (χ1v) is 17.9. The second kappa shape index (κ2) is 18.6. The van der Waals surface area contributed by atoms with Gasteiger partial charge in [-0.15, -0.1) is 10.2 Å². The molecule has 0 N–H and O–H groups in total. The molecule has 0 bridgehead atoms. The van der Waals surface area contributed by atoms with Crippen LogP contribution in [0.25, 0.3) is 17.1 Å². The lowest BCUT2D eigenvalue weighted by Gasteiger charge is -2.40. The number of rotatable bonds is 18. The number of hydrogen-bond donors (Lipinski definition) is 0. The Morgan fingerprint density at radius 1 is 0.822 bits per heavy atom. The summed E-state index contributed by atoms with van der Waals surface area (Å²) in [6, 6.07) is 17.9. The molecule has 4 rings (SSSR count). The molecule has 1 unspecified atom stereocenters. The van der Waals surface area contributed by atoms with Gasteiger partial charge in [0.25, 0.3) is 0 Å². The van der Waals surface area contributed by atoms with E-state index in [2.05, 4.69) is 24.0 Å². The number of ether oxygens (including phenoxy) is 1. The number of benzene rings is 2. The normalized spacial score (nSPS) is 15.0. The molecule has 3 aromatic rings. The van der Waals surface area contributed by atoms with Crippen LogP contribution in [0.2, 0.25) is 0 Å². The van der Waals surface area contributed by atoms with Gasteiger partial charge in [-0.2, -0.15) is 0 Å². The summed E-state index contributed by atoms with van der Waals surface area (Å²) in [4.78, 5) is 29.9. The van der Waals surface area contributed by atoms with E-state index in [9.17, 15) is 9.59 Å². The predicted molar refractivity (Wildman–Crippen MR) is 183 cm³/mol. The van der Waals surface area contributed by atoms with E-state index in [4.69, 9.17) is 4.74 Å². The molecular weight excluding hydrogens is 582 g/mol. The third-order valence-electron chi connectivity index (χ3n) is 8.55. The van der Waals surface area contributed by atoms with Crippen LogP contribution in [0.3, 0.4) is 0 Å². The second-order valence-electron chi connectivity index (χ2n) is 12.0. The van der Waals surface area contributed by atoms with E-state index >= 15 is 0 Å². The highest BCUT2D eigenvalue weighted by Crippen LogP contribution is 2.32. The number of piperazine rings is 1. The van der Waals surface area contributed by atoms with Gasteiger partial charge in [0.05, 0.1) is 12.8 Å². The largest absolute Gasteiger partial charge is 0.495 e. The van der Waals surface area contributed by atoms with Crippen LogP contribution >= 0.6 is 11.8 Å². The third kappa shape index (κ3) is 10.1. The number of para-hydroxylation sites is 2. The molecule has 2 heterocycles. The second-order valence-corrected chi connectivity index (χ2v) is 13.0. The van der Waals surface area contributed by atoms with E-state index in [1.54, 1.807) is 18.9 Å². The van der Waals surface area contributed by atoms with Gasteiger partial charge in [-0.05, 0) is 31.9 Å². The molecule has 0 saturated carbocycles. The summed E-state index contributed by atoms with van der Waals surface area (Å²) in [7, 11) is 1.67. The van der Waals surface area contributed by atoms with Gasteiger partial charge in [0, 0.05) is 49.8 Å². The van der Waals surface area contributed by atoms with Crippen LogP contribution in [0.5, 0.6) is 5.75 Å². The molecule has 0 spiro atoms. The zero-order valence-electron chi connectivity index (χ0n) is 27.5. The molecule has 9 heteroatoms. The van der Waals surface area contributed by atoms with E-state index in [1.165, 1.54) is 44.9 Å². The van der Waals surface area contributed by atoms with Crippen molar-refractivity contribution in [2.24, 2.45) is 0 Å². The number of hydrogen-bond acceptors (Lipinski definition) is 6. The van der Waals surface area contributed by atoms with Crippen molar-refractivity contribution in [3.63, 3.8) is 0 Å². The Balaban J connectivity index is 1.21. The molecule has 1 aromatic heterocycles. The average Bonchev–Trinajstić information content (AvgIpc) is 3.49. The maximum absolute atomic E-state index is 13.1. The van der Waals surface area contributed by atoms with Crippen LogP contribution in [-0.4, -0.2) is 74.9 Å². The van der Waals surface area contributed by atoms with Crippen molar-refractivity contribution in [1.29, 1.82) is 0 Å². The molecule has 1 aliphatic heterocycles. The van der Waals surface area contributed by atoms with Crippen LogP contribution in [0.4, 0.5) is 0 Å². The number of amides is 2. The highest BCUT2D eigenvalue weighted by atomic mass is 32.2. The Kier molecular flexibility index (Phi) is 14.3. The summed E-state index contributed by atoms with van der Waals surface area (Å²) in [5.41, 5.74) is 1.85. The van der Waals surface area contributed by atoms with Crippen LogP contribution in [0.1, 0.15) is 90.9 Å². The first kappa shape index (κ1) is 34.5. The Bertz CT molecular complexity index is 1330. The van der Waals surface area contributed by atoms with Crippen LogP contribution < -0.4 is 4.74 Å². The summed E-state index contributed by atoms with van der Waals surface area (Å²) in [6.07, 6.45) is 13.1. The van der Waals surface area contributed by atoms with E-state index in [-0.39, 0.29) is 17.9 Å². The van der Waals surface area contributed by atoms with E-state index < -0.39 is 0 Å². The van der Waals surface area contributed by atoms with Gasteiger partial charge >= 0.3 is 0 Å². The molecule has 2 aromatic carbocycles. The van der Waals surface area contributed by atoms with E-state index in [0.29, 0.717) is 32.5 Å². The van der Waals surface area contributed by atoms with Crippen molar-refractivity contribution in [3.8, 4) is 22.8 Å². The molecule has 0 aliphatic carbocycles. The van der Waals surface area contributed by atoms with Crippen molar-refractivity contribution < 1.29 is 14.3 Å². The quantitative estimate of drug-likeness (QED) is 0.105. The lowest BCUT2D eigenvalue weighted by atomic mass is 10.1. The molecular formula is C36H51N5O3S. The number of aromatic nitrogens is 3. The van der Waals surface area contributed by atoms with Crippen molar-refractivity contribution in [3.05, 3.63) is 54.6 Å². The van der Waals surface area contributed by atoms with Gasteiger partial charge < -0.3 is 14.5 Å².